The molecule has 2 aromatic rings. The van der Waals surface area contributed by atoms with Gasteiger partial charge in [-0.25, -0.2) is 8.78 Å². The maximum Gasteiger partial charge on any atom is 0.240 e. The van der Waals surface area contributed by atoms with Crippen LogP contribution in [0, 0.1) is 11.6 Å². The summed E-state index contributed by atoms with van der Waals surface area (Å²) in [5.41, 5.74) is 0.638. The minimum atomic E-state index is -0.773. The molecule has 29 heavy (non-hydrogen) atoms. The van der Waals surface area contributed by atoms with Crippen molar-refractivity contribution in [2.75, 3.05) is 12.4 Å². The van der Waals surface area contributed by atoms with E-state index >= 15 is 0 Å². The third-order valence-electron chi connectivity index (χ3n) is 3.83. The van der Waals surface area contributed by atoms with Gasteiger partial charge in [0.2, 0.25) is 11.8 Å². The minimum absolute atomic E-state index is 0.0560. The quantitative estimate of drug-likeness (QED) is 0.557. The van der Waals surface area contributed by atoms with E-state index in [1.807, 2.05) is 0 Å². The number of carbonyl (C=O) groups is 2. The monoisotopic (exact) mass is 418 g/mol. The van der Waals surface area contributed by atoms with Gasteiger partial charge in [-0.15, -0.1) is 5.10 Å². The number of benzene rings is 2. The van der Waals surface area contributed by atoms with Gasteiger partial charge in [-0.05, 0) is 36.4 Å². The van der Waals surface area contributed by atoms with E-state index in [0.29, 0.717) is 11.4 Å². The summed E-state index contributed by atoms with van der Waals surface area (Å²) in [6.07, 6.45) is 1.05. The molecule has 1 heterocycles. The fraction of sp³-hybridized carbons (Fsp3) is 0.158. The summed E-state index contributed by atoms with van der Waals surface area (Å²) in [6, 6.07) is 9.85. The first-order valence-corrected chi connectivity index (χ1v) is 9.30. The number of methoxy groups -OCH3 is 1. The number of amides is 2. The molecular formula is C19H16F2N4O3S. The Hall–Kier alpha value is -3.27. The first-order valence-electron chi connectivity index (χ1n) is 8.42. The molecule has 1 fully saturated rings. The molecular weight excluding hydrogens is 402 g/mol. The summed E-state index contributed by atoms with van der Waals surface area (Å²) in [5.74, 6) is -1.51. The maximum absolute atomic E-state index is 13.5. The number of anilines is 1. The van der Waals surface area contributed by atoms with Crippen LogP contribution in [0.2, 0.25) is 0 Å². The van der Waals surface area contributed by atoms with Crippen LogP contribution in [0.4, 0.5) is 14.5 Å². The number of rotatable bonds is 6. The lowest BCUT2D eigenvalue weighted by atomic mass is 10.2. The summed E-state index contributed by atoms with van der Waals surface area (Å²) in [7, 11) is 1.54. The van der Waals surface area contributed by atoms with Gasteiger partial charge < -0.3 is 15.4 Å². The predicted octanol–water partition coefficient (Wildman–Crippen LogP) is 2.92. The molecule has 2 aromatic carbocycles. The molecule has 1 atom stereocenters. The summed E-state index contributed by atoms with van der Waals surface area (Å²) in [5, 5.41) is 12.2. The number of thioether (sulfide) groups is 1. The van der Waals surface area contributed by atoms with Gasteiger partial charge in [0.15, 0.2) is 5.17 Å². The number of nitrogens with one attached hydrogen (secondary N) is 2. The van der Waals surface area contributed by atoms with E-state index in [1.54, 1.807) is 31.4 Å². The van der Waals surface area contributed by atoms with Gasteiger partial charge >= 0.3 is 0 Å². The number of hydrogen-bond donors (Lipinski definition) is 2. The van der Waals surface area contributed by atoms with Crippen molar-refractivity contribution in [1.29, 1.82) is 0 Å². The highest BCUT2D eigenvalue weighted by atomic mass is 32.2. The molecule has 0 aromatic heterocycles. The van der Waals surface area contributed by atoms with Gasteiger partial charge in [-0.1, -0.05) is 11.8 Å². The van der Waals surface area contributed by atoms with Crippen LogP contribution in [-0.4, -0.2) is 35.6 Å². The number of halogens is 2. The Morgan fingerprint density at radius 1 is 1.28 bits per heavy atom. The molecule has 0 radical (unpaired) electrons. The SMILES string of the molecule is COc1ccc(NC(=O)CC2S/C(=N/N=C/c3ccc(F)cc3F)NC2=O)cc1. The molecule has 1 saturated heterocycles. The zero-order chi connectivity index (χ0) is 20.8. The lowest BCUT2D eigenvalue weighted by Gasteiger charge is -2.08. The highest BCUT2D eigenvalue weighted by Crippen LogP contribution is 2.23. The largest absolute Gasteiger partial charge is 0.497 e. The molecule has 7 nitrogen and oxygen atoms in total. The Morgan fingerprint density at radius 2 is 2.03 bits per heavy atom. The zero-order valence-corrected chi connectivity index (χ0v) is 16.0. The van der Waals surface area contributed by atoms with Crippen LogP contribution in [0.25, 0.3) is 0 Å². The molecule has 150 valence electrons. The second-order valence-electron chi connectivity index (χ2n) is 5.89. The van der Waals surface area contributed by atoms with Crippen molar-refractivity contribution < 1.29 is 23.1 Å². The number of ether oxygens (including phenoxy) is 1. The van der Waals surface area contributed by atoms with Crippen LogP contribution in [-0.2, 0) is 9.59 Å². The van der Waals surface area contributed by atoms with Crippen LogP contribution in [0.3, 0.4) is 0 Å². The van der Waals surface area contributed by atoms with E-state index < -0.39 is 16.9 Å². The summed E-state index contributed by atoms with van der Waals surface area (Å²) < 4.78 is 31.5. The van der Waals surface area contributed by atoms with Crippen molar-refractivity contribution in [3.8, 4) is 5.75 Å². The Kier molecular flexibility index (Phi) is 6.55. The number of amidine groups is 1. The molecule has 2 amide bonds. The van der Waals surface area contributed by atoms with Gasteiger partial charge in [0.1, 0.15) is 22.6 Å². The second-order valence-corrected chi connectivity index (χ2v) is 7.08. The summed E-state index contributed by atoms with van der Waals surface area (Å²) in [4.78, 5) is 24.2. The molecule has 0 saturated carbocycles. The standard InChI is InChI=1S/C19H16F2N4O3S/c1-28-14-6-4-13(5-7-14)23-17(26)9-16-18(27)24-19(29-16)25-22-10-11-2-3-12(20)8-15(11)21/h2-8,10,16H,9H2,1H3,(H,23,26)(H,24,25,27)/b22-10+. The van der Waals surface area contributed by atoms with Crippen LogP contribution in [0.5, 0.6) is 5.75 Å². The highest BCUT2D eigenvalue weighted by molar-refractivity contribution is 8.15. The number of nitrogens with zero attached hydrogens (tertiary/aromatic N) is 2. The van der Waals surface area contributed by atoms with Crippen molar-refractivity contribution in [2.24, 2.45) is 10.2 Å². The Bertz CT molecular complexity index is 980. The van der Waals surface area contributed by atoms with Gasteiger partial charge in [-0.3, -0.25) is 9.59 Å². The van der Waals surface area contributed by atoms with Gasteiger partial charge in [-0.2, -0.15) is 5.10 Å². The fourth-order valence-corrected chi connectivity index (χ4v) is 3.31. The smallest absolute Gasteiger partial charge is 0.240 e. The number of hydrogen-bond acceptors (Lipinski definition) is 6. The van der Waals surface area contributed by atoms with Crippen molar-refractivity contribution in [3.63, 3.8) is 0 Å². The molecule has 0 spiro atoms. The normalized spacial score (nSPS) is 17.6. The molecule has 0 bridgehead atoms. The Labute approximate surface area is 169 Å². The van der Waals surface area contributed by atoms with Gasteiger partial charge in [0, 0.05) is 23.7 Å². The minimum Gasteiger partial charge on any atom is -0.497 e. The van der Waals surface area contributed by atoms with E-state index in [0.717, 1.165) is 30.1 Å². The number of carbonyl (C=O) groups excluding carboxylic acids is 2. The van der Waals surface area contributed by atoms with Crippen LogP contribution in [0.1, 0.15) is 12.0 Å². The Balaban J connectivity index is 1.55. The average molecular weight is 418 g/mol. The van der Waals surface area contributed by atoms with Crippen LogP contribution in [0.15, 0.2) is 52.7 Å². The molecule has 1 aliphatic heterocycles. The first-order chi connectivity index (χ1) is 13.9. The molecule has 10 heteroatoms. The molecule has 0 aliphatic carbocycles. The molecule has 3 rings (SSSR count). The van der Waals surface area contributed by atoms with E-state index in [1.165, 1.54) is 6.07 Å². The molecule has 1 aliphatic rings. The van der Waals surface area contributed by atoms with E-state index in [-0.39, 0.29) is 29.0 Å². The topological polar surface area (TPSA) is 92.2 Å². The predicted molar refractivity (Wildman–Crippen MR) is 107 cm³/mol. The van der Waals surface area contributed by atoms with Crippen LogP contribution >= 0.6 is 11.8 Å². The molecule has 1 unspecified atom stereocenters. The lowest BCUT2D eigenvalue weighted by Crippen LogP contribution is -2.28. The first kappa shape index (κ1) is 20.5. The van der Waals surface area contributed by atoms with Crippen molar-refractivity contribution in [1.82, 2.24) is 5.32 Å². The lowest BCUT2D eigenvalue weighted by molar-refractivity contribution is -0.122. The molecule has 2 N–H and O–H groups in total. The van der Waals surface area contributed by atoms with E-state index in [9.17, 15) is 18.4 Å². The maximum atomic E-state index is 13.5. The highest BCUT2D eigenvalue weighted by Gasteiger charge is 2.32. The van der Waals surface area contributed by atoms with Crippen molar-refractivity contribution >= 4 is 40.6 Å². The Morgan fingerprint density at radius 3 is 2.72 bits per heavy atom. The summed E-state index contributed by atoms with van der Waals surface area (Å²) in [6.45, 7) is 0. The van der Waals surface area contributed by atoms with E-state index in [4.69, 9.17) is 4.74 Å². The third-order valence-corrected chi connectivity index (χ3v) is 4.90. The van der Waals surface area contributed by atoms with Gasteiger partial charge in [0.25, 0.3) is 0 Å². The fourth-order valence-electron chi connectivity index (χ4n) is 2.39. The zero-order valence-electron chi connectivity index (χ0n) is 15.2. The average Bonchev–Trinajstić information content (AvgIpc) is 3.03. The van der Waals surface area contributed by atoms with Gasteiger partial charge in [0.05, 0.1) is 13.3 Å². The van der Waals surface area contributed by atoms with Crippen LogP contribution < -0.4 is 15.4 Å². The second kappa shape index (κ2) is 9.28. The van der Waals surface area contributed by atoms with E-state index in [2.05, 4.69) is 20.8 Å². The van der Waals surface area contributed by atoms with Crippen molar-refractivity contribution in [2.45, 2.75) is 11.7 Å². The third kappa shape index (κ3) is 5.61. The summed E-state index contributed by atoms with van der Waals surface area (Å²) >= 11 is 1.05. The van der Waals surface area contributed by atoms with Crippen molar-refractivity contribution in [3.05, 3.63) is 59.7 Å².